The van der Waals surface area contributed by atoms with Crippen molar-refractivity contribution in [1.82, 2.24) is 0 Å². The summed E-state index contributed by atoms with van der Waals surface area (Å²) in [5, 5.41) is 61.4. The van der Waals surface area contributed by atoms with Gasteiger partial charge in [0.1, 0.15) is 47.4 Å². The molecule has 0 unspecified atom stereocenters. The molecule has 11 nitrogen and oxygen atoms in total. The molecule has 1 fully saturated rings. The monoisotopic (exact) mass is 552 g/mol. The van der Waals surface area contributed by atoms with E-state index in [-0.39, 0.29) is 45.9 Å². The Bertz CT molecular complexity index is 1500. The normalized spacial score (nSPS) is 23.9. The van der Waals surface area contributed by atoms with Crippen LogP contribution >= 0.6 is 0 Å². The zero-order valence-electron chi connectivity index (χ0n) is 21.6. The van der Waals surface area contributed by atoms with Crippen molar-refractivity contribution in [1.29, 1.82) is 0 Å². The van der Waals surface area contributed by atoms with Crippen LogP contribution in [0.25, 0.3) is 0 Å². The van der Waals surface area contributed by atoms with E-state index in [1.807, 2.05) is 0 Å². The second kappa shape index (κ2) is 10.5. The number of ketones is 2. The number of aryl methyl sites for hydroxylation is 1. The largest absolute Gasteiger partial charge is 0.508 e. The van der Waals surface area contributed by atoms with Crippen LogP contribution in [-0.4, -0.2) is 86.6 Å². The number of methoxy groups -OCH3 is 1. The van der Waals surface area contributed by atoms with Crippen molar-refractivity contribution in [2.45, 2.75) is 44.1 Å². The predicted molar refractivity (Wildman–Crippen MR) is 138 cm³/mol. The highest BCUT2D eigenvalue weighted by atomic mass is 16.7. The highest BCUT2D eigenvalue weighted by molar-refractivity contribution is 6.30. The predicted octanol–water partition coefficient (Wildman–Crippen LogP) is 0.960. The van der Waals surface area contributed by atoms with Crippen molar-refractivity contribution >= 4 is 11.6 Å². The zero-order valence-corrected chi connectivity index (χ0v) is 21.6. The molecule has 1 heterocycles. The molecule has 6 N–H and O–H groups in total. The molecular weight excluding hydrogens is 524 g/mol. The maximum atomic E-state index is 13.9. The molecule has 0 amide bonds. The fourth-order valence-corrected chi connectivity index (χ4v) is 5.12. The first-order valence-electron chi connectivity index (χ1n) is 12.5. The maximum Gasteiger partial charge on any atom is 0.229 e. The molecular formula is C29H28O11. The van der Waals surface area contributed by atoms with Crippen LogP contribution in [0.1, 0.15) is 48.5 Å². The molecule has 1 saturated heterocycles. The third kappa shape index (κ3) is 4.57. The lowest BCUT2D eigenvalue weighted by molar-refractivity contribution is -0.277. The summed E-state index contributed by atoms with van der Waals surface area (Å²) in [7, 11) is 1.34. The van der Waals surface area contributed by atoms with E-state index in [0.29, 0.717) is 16.7 Å². The Balaban J connectivity index is 1.60. The molecule has 40 heavy (non-hydrogen) atoms. The van der Waals surface area contributed by atoms with Gasteiger partial charge in [0.25, 0.3) is 0 Å². The Labute approximate surface area is 228 Å². The van der Waals surface area contributed by atoms with Gasteiger partial charge in [0, 0.05) is 29.2 Å². The molecule has 1 aliphatic heterocycles. The number of carbonyl (C=O) groups excluding carboxylic acids is 2. The van der Waals surface area contributed by atoms with Gasteiger partial charge < -0.3 is 44.8 Å². The molecule has 3 aromatic rings. The van der Waals surface area contributed by atoms with Crippen LogP contribution < -0.4 is 9.47 Å². The van der Waals surface area contributed by atoms with Crippen LogP contribution in [0.5, 0.6) is 23.0 Å². The number of carbonyl (C=O) groups is 2. The Morgan fingerprint density at radius 3 is 2.30 bits per heavy atom. The molecule has 5 atom stereocenters. The number of ether oxygens (including phenoxy) is 3. The van der Waals surface area contributed by atoms with E-state index in [9.17, 15) is 40.2 Å². The minimum atomic E-state index is -1.77. The molecule has 3 aromatic carbocycles. The number of aliphatic hydroxyl groups is 4. The maximum absolute atomic E-state index is 13.9. The number of phenols is 2. The summed E-state index contributed by atoms with van der Waals surface area (Å²) < 4.78 is 16.5. The highest BCUT2D eigenvalue weighted by Crippen LogP contribution is 2.42. The number of benzene rings is 3. The van der Waals surface area contributed by atoms with Crippen molar-refractivity contribution in [3.8, 4) is 23.0 Å². The molecule has 210 valence electrons. The Kier molecular flexibility index (Phi) is 7.25. The van der Waals surface area contributed by atoms with E-state index in [1.54, 1.807) is 19.1 Å². The molecule has 0 bridgehead atoms. The van der Waals surface area contributed by atoms with Crippen molar-refractivity contribution < 1.29 is 54.4 Å². The third-order valence-corrected chi connectivity index (χ3v) is 7.27. The van der Waals surface area contributed by atoms with E-state index >= 15 is 0 Å². The van der Waals surface area contributed by atoms with Gasteiger partial charge in [-0.2, -0.15) is 0 Å². The van der Waals surface area contributed by atoms with Gasteiger partial charge in [-0.05, 0) is 42.3 Å². The fourth-order valence-electron chi connectivity index (χ4n) is 5.12. The number of hydrogen-bond donors (Lipinski definition) is 6. The number of aliphatic hydroxyl groups excluding tert-OH is 4. The fraction of sp³-hybridized carbons (Fsp3) is 0.310. The summed E-state index contributed by atoms with van der Waals surface area (Å²) in [5.74, 6) is -1.76. The first-order valence-corrected chi connectivity index (χ1v) is 12.5. The standard InChI is InChI=1S/C29H28O11/c1-12-6-17-22(24(33)16(12)8-13-4-3-5-14(31)7-13)26(35)21-18(23(17)32)9-15(38-2)10-19(21)39-29-28(37)27(36)25(34)20(11-30)40-29/h3-7,9-10,20,25,27-31,33-34,36-37H,8,11H2,1-2H3/t20-,25-,27+,28-,29+/m1/s1. The minimum absolute atomic E-state index is 0.0146. The Hall–Kier alpha value is -4.00. The molecule has 5 rings (SSSR count). The molecule has 0 radical (unpaired) electrons. The van der Waals surface area contributed by atoms with Crippen LogP contribution in [0.4, 0.5) is 0 Å². The number of hydrogen-bond acceptors (Lipinski definition) is 11. The van der Waals surface area contributed by atoms with E-state index in [0.717, 1.165) is 0 Å². The van der Waals surface area contributed by atoms with Crippen molar-refractivity contribution in [3.63, 3.8) is 0 Å². The van der Waals surface area contributed by atoms with Crippen LogP contribution in [0.3, 0.4) is 0 Å². The first-order chi connectivity index (χ1) is 19.0. The van der Waals surface area contributed by atoms with E-state index in [4.69, 9.17) is 14.2 Å². The SMILES string of the molecule is COc1cc(O[C@H]2O[C@H](CO)[C@@H](O)[C@H](O)[C@H]2O)c2c(c1)C(=O)c1cc(C)c(Cc3cccc(O)c3)c(O)c1C2=O. The molecule has 11 heteroatoms. The number of fused-ring (bicyclic) bond motifs is 2. The van der Waals surface area contributed by atoms with Gasteiger partial charge in [0.05, 0.1) is 24.8 Å². The van der Waals surface area contributed by atoms with Gasteiger partial charge >= 0.3 is 0 Å². The Morgan fingerprint density at radius 2 is 1.62 bits per heavy atom. The lowest BCUT2D eigenvalue weighted by Crippen LogP contribution is -2.60. The van der Waals surface area contributed by atoms with E-state index < -0.39 is 54.6 Å². The molecule has 2 aliphatic rings. The Morgan fingerprint density at radius 1 is 0.900 bits per heavy atom. The quantitative estimate of drug-likeness (QED) is 0.200. The zero-order chi connectivity index (χ0) is 28.9. The van der Waals surface area contributed by atoms with Crippen molar-refractivity contribution in [2.24, 2.45) is 0 Å². The number of aromatic hydroxyl groups is 2. The second-order valence-corrected chi connectivity index (χ2v) is 9.81. The summed E-state index contributed by atoms with van der Waals surface area (Å²) in [5.41, 5.74) is 1.07. The summed E-state index contributed by atoms with van der Waals surface area (Å²) in [6.45, 7) is 1.01. The second-order valence-electron chi connectivity index (χ2n) is 9.81. The summed E-state index contributed by atoms with van der Waals surface area (Å²) in [4.78, 5) is 27.6. The van der Waals surface area contributed by atoms with Crippen LogP contribution in [-0.2, 0) is 11.2 Å². The van der Waals surface area contributed by atoms with Crippen LogP contribution in [0, 0.1) is 6.92 Å². The van der Waals surface area contributed by atoms with Crippen molar-refractivity contribution in [3.05, 3.63) is 81.4 Å². The van der Waals surface area contributed by atoms with Gasteiger partial charge in [-0.15, -0.1) is 0 Å². The van der Waals surface area contributed by atoms with Gasteiger partial charge in [0.15, 0.2) is 5.78 Å². The lowest BCUT2D eigenvalue weighted by Gasteiger charge is -2.39. The van der Waals surface area contributed by atoms with Gasteiger partial charge in [-0.1, -0.05) is 12.1 Å². The summed E-state index contributed by atoms with van der Waals surface area (Å²) in [6, 6.07) is 10.6. The minimum Gasteiger partial charge on any atom is -0.508 e. The van der Waals surface area contributed by atoms with Crippen LogP contribution in [0.2, 0.25) is 0 Å². The third-order valence-electron chi connectivity index (χ3n) is 7.27. The molecule has 0 saturated carbocycles. The smallest absolute Gasteiger partial charge is 0.229 e. The average molecular weight is 553 g/mol. The van der Waals surface area contributed by atoms with E-state index in [2.05, 4.69) is 0 Å². The molecule has 0 aromatic heterocycles. The summed E-state index contributed by atoms with van der Waals surface area (Å²) >= 11 is 0. The van der Waals surface area contributed by atoms with E-state index in [1.165, 1.54) is 37.4 Å². The highest BCUT2D eigenvalue weighted by Gasteiger charge is 2.46. The average Bonchev–Trinajstić information content (AvgIpc) is 2.93. The molecule has 1 aliphatic carbocycles. The van der Waals surface area contributed by atoms with Crippen molar-refractivity contribution in [2.75, 3.05) is 13.7 Å². The lowest BCUT2D eigenvalue weighted by atomic mass is 9.80. The first kappa shape index (κ1) is 27.6. The van der Waals surface area contributed by atoms with Gasteiger partial charge in [-0.25, -0.2) is 0 Å². The van der Waals surface area contributed by atoms with Crippen LogP contribution in [0.15, 0.2) is 42.5 Å². The van der Waals surface area contributed by atoms with Gasteiger partial charge in [0.2, 0.25) is 12.1 Å². The summed E-state index contributed by atoms with van der Waals surface area (Å²) in [6.07, 6.45) is -7.86. The number of rotatable bonds is 6. The molecule has 0 spiro atoms. The number of phenolic OH excluding ortho intramolecular Hbond substituents is 2. The van der Waals surface area contributed by atoms with Gasteiger partial charge in [-0.3, -0.25) is 9.59 Å². The topological polar surface area (TPSA) is 183 Å².